The standard InChI is InChI=1S/C13H15N3O3/c1-11-7-9-15(14-11)8-2-10-19-13-5-3-12(4-6-13)16(17)18/h3-7,9H,2,8,10H2,1H3. The van der Waals surface area contributed by atoms with E-state index >= 15 is 0 Å². The van der Waals surface area contributed by atoms with Crippen molar-refractivity contribution in [3.05, 3.63) is 52.3 Å². The first-order chi connectivity index (χ1) is 9.15. The SMILES string of the molecule is Cc1ccn(CCCOc2ccc([N+](=O)[O-])cc2)n1. The smallest absolute Gasteiger partial charge is 0.269 e. The van der Waals surface area contributed by atoms with Crippen LogP contribution in [0.15, 0.2) is 36.5 Å². The molecule has 0 radical (unpaired) electrons. The fourth-order valence-corrected chi connectivity index (χ4v) is 1.67. The van der Waals surface area contributed by atoms with Crippen LogP contribution in [-0.4, -0.2) is 21.3 Å². The lowest BCUT2D eigenvalue weighted by Gasteiger charge is -2.06. The van der Waals surface area contributed by atoms with E-state index in [0.717, 1.165) is 18.7 Å². The van der Waals surface area contributed by atoms with E-state index in [1.54, 1.807) is 12.1 Å². The molecule has 1 aromatic heterocycles. The summed E-state index contributed by atoms with van der Waals surface area (Å²) in [7, 11) is 0. The van der Waals surface area contributed by atoms with Crippen molar-refractivity contribution in [1.29, 1.82) is 0 Å². The number of nitro benzene ring substituents is 1. The Morgan fingerprint density at radius 2 is 2.05 bits per heavy atom. The summed E-state index contributed by atoms with van der Waals surface area (Å²) in [6.07, 6.45) is 2.76. The molecule has 6 heteroatoms. The van der Waals surface area contributed by atoms with Gasteiger partial charge in [-0.15, -0.1) is 0 Å². The molecule has 0 saturated heterocycles. The molecule has 2 aromatic rings. The Kier molecular flexibility index (Phi) is 4.12. The largest absolute Gasteiger partial charge is 0.494 e. The van der Waals surface area contributed by atoms with Crippen LogP contribution in [-0.2, 0) is 6.54 Å². The molecule has 2 rings (SSSR count). The lowest BCUT2D eigenvalue weighted by molar-refractivity contribution is -0.384. The Hall–Kier alpha value is -2.37. The molecule has 0 atom stereocenters. The van der Waals surface area contributed by atoms with Crippen molar-refractivity contribution >= 4 is 5.69 Å². The van der Waals surface area contributed by atoms with Gasteiger partial charge in [0.1, 0.15) is 5.75 Å². The minimum atomic E-state index is -0.427. The molecule has 1 heterocycles. The number of hydrogen-bond acceptors (Lipinski definition) is 4. The Morgan fingerprint density at radius 3 is 2.63 bits per heavy atom. The number of non-ortho nitro benzene ring substituents is 1. The normalized spacial score (nSPS) is 10.4. The predicted octanol–water partition coefficient (Wildman–Crippen LogP) is 2.57. The molecule has 0 spiro atoms. The highest BCUT2D eigenvalue weighted by Gasteiger charge is 2.04. The van der Waals surface area contributed by atoms with Gasteiger partial charge in [0.25, 0.3) is 5.69 Å². The van der Waals surface area contributed by atoms with Crippen LogP contribution in [0.3, 0.4) is 0 Å². The Morgan fingerprint density at radius 1 is 1.32 bits per heavy atom. The number of aromatic nitrogens is 2. The lowest BCUT2D eigenvalue weighted by Crippen LogP contribution is -2.05. The van der Waals surface area contributed by atoms with Gasteiger partial charge in [-0.3, -0.25) is 14.8 Å². The maximum Gasteiger partial charge on any atom is 0.269 e. The first-order valence-corrected chi connectivity index (χ1v) is 6.02. The third-order valence-electron chi connectivity index (χ3n) is 2.62. The summed E-state index contributed by atoms with van der Waals surface area (Å²) in [4.78, 5) is 10.1. The third-order valence-corrected chi connectivity index (χ3v) is 2.62. The zero-order valence-electron chi connectivity index (χ0n) is 10.7. The Bertz CT molecular complexity index is 549. The van der Waals surface area contributed by atoms with E-state index in [0.29, 0.717) is 12.4 Å². The highest BCUT2D eigenvalue weighted by Crippen LogP contribution is 2.17. The average molecular weight is 261 g/mol. The molecule has 0 aliphatic heterocycles. The molecule has 0 fully saturated rings. The van der Waals surface area contributed by atoms with Crippen molar-refractivity contribution in [2.45, 2.75) is 19.9 Å². The summed E-state index contributed by atoms with van der Waals surface area (Å²) in [5.74, 6) is 0.641. The van der Waals surface area contributed by atoms with Crippen molar-refractivity contribution in [2.75, 3.05) is 6.61 Å². The lowest BCUT2D eigenvalue weighted by atomic mass is 10.3. The van der Waals surface area contributed by atoms with Crippen LogP contribution < -0.4 is 4.74 Å². The van der Waals surface area contributed by atoms with Gasteiger partial charge in [-0.2, -0.15) is 5.10 Å². The second-order valence-electron chi connectivity index (χ2n) is 4.17. The van der Waals surface area contributed by atoms with Crippen LogP contribution in [0.4, 0.5) is 5.69 Å². The number of hydrogen-bond donors (Lipinski definition) is 0. The molecule has 1 aromatic carbocycles. The minimum Gasteiger partial charge on any atom is -0.494 e. The second-order valence-corrected chi connectivity index (χ2v) is 4.17. The summed E-state index contributed by atoms with van der Waals surface area (Å²) < 4.78 is 7.38. The van der Waals surface area contributed by atoms with Crippen LogP contribution in [0.5, 0.6) is 5.75 Å². The molecule has 0 amide bonds. The monoisotopic (exact) mass is 261 g/mol. The van der Waals surface area contributed by atoms with Gasteiger partial charge in [0.15, 0.2) is 0 Å². The van der Waals surface area contributed by atoms with Gasteiger partial charge in [0.05, 0.1) is 17.2 Å². The van der Waals surface area contributed by atoms with Crippen molar-refractivity contribution < 1.29 is 9.66 Å². The van der Waals surface area contributed by atoms with Crippen molar-refractivity contribution in [1.82, 2.24) is 9.78 Å². The summed E-state index contributed by atoms with van der Waals surface area (Å²) >= 11 is 0. The summed E-state index contributed by atoms with van der Waals surface area (Å²) in [6.45, 7) is 3.29. The molecule has 0 bridgehead atoms. The molecule has 19 heavy (non-hydrogen) atoms. The number of benzene rings is 1. The van der Waals surface area contributed by atoms with E-state index in [-0.39, 0.29) is 5.69 Å². The van der Waals surface area contributed by atoms with E-state index in [2.05, 4.69) is 5.10 Å². The molecule has 0 saturated carbocycles. The maximum atomic E-state index is 10.5. The minimum absolute atomic E-state index is 0.0689. The molecule has 0 aliphatic carbocycles. The van der Waals surface area contributed by atoms with Crippen LogP contribution in [0.25, 0.3) is 0 Å². The maximum absolute atomic E-state index is 10.5. The van der Waals surface area contributed by atoms with Crippen LogP contribution in [0.1, 0.15) is 12.1 Å². The fraction of sp³-hybridized carbons (Fsp3) is 0.308. The van der Waals surface area contributed by atoms with E-state index in [9.17, 15) is 10.1 Å². The van der Waals surface area contributed by atoms with Crippen LogP contribution >= 0.6 is 0 Å². The molecular formula is C13H15N3O3. The van der Waals surface area contributed by atoms with Crippen molar-refractivity contribution in [3.63, 3.8) is 0 Å². The predicted molar refractivity (Wildman–Crippen MR) is 70.2 cm³/mol. The molecule has 0 unspecified atom stereocenters. The summed E-state index contributed by atoms with van der Waals surface area (Å²) in [5.41, 5.74) is 1.07. The molecule has 0 N–H and O–H groups in total. The second kappa shape index (κ2) is 5.99. The Labute approximate surface area is 110 Å². The zero-order valence-corrected chi connectivity index (χ0v) is 10.7. The first-order valence-electron chi connectivity index (χ1n) is 6.02. The van der Waals surface area contributed by atoms with E-state index < -0.39 is 4.92 Å². The number of aryl methyl sites for hydroxylation is 2. The topological polar surface area (TPSA) is 70.2 Å². The quantitative estimate of drug-likeness (QED) is 0.455. The van der Waals surface area contributed by atoms with Crippen LogP contribution in [0.2, 0.25) is 0 Å². The number of nitro groups is 1. The molecule has 100 valence electrons. The number of rotatable bonds is 6. The summed E-state index contributed by atoms with van der Waals surface area (Å²) in [6, 6.07) is 8.04. The summed E-state index contributed by atoms with van der Waals surface area (Å²) in [5, 5.41) is 14.8. The molecular weight excluding hydrogens is 246 g/mol. The highest BCUT2D eigenvalue weighted by atomic mass is 16.6. The van der Waals surface area contributed by atoms with Gasteiger partial charge in [0.2, 0.25) is 0 Å². The van der Waals surface area contributed by atoms with E-state index in [4.69, 9.17) is 4.74 Å². The van der Waals surface area contributed by atoms with Gasteiger partial charge in [-0.25, -0.2) is 0 Å². The van der Waals surface area contributed by atoms with Gasteiger partial charge >= 0.3 is 0 Å². The first kappa shape index (κ1) is 13.1. The highest BCUT2D eigenvalue weighted by molar-refractivity contribution is 5.35. The zero-order chi connectivity index (χ0) is 13.7. The third kappa shape index (κ3) is 3.80. The van der Waals surface area contributed by atoms with Gasteiger partial charge in [-0.05, 0) is 25.1 Å². The van der Waals surface area contributed by atoms with Crippen molar-refractivity contribution in [2.24, 2.45) is 0 Å². The molecule has 0 aliphatic rings. The number of ether oxygens (including phenoxy) is 1. The van der Waals surface area contributed by atoms with Crippen molar-refractivity contribution in [3.8, 4) is 5.75 Å². The van der Waals surface area contributed by atoms with Gasteiger partial charge in [0, 0.05) is 31.3 Å². The molecule has 6 nitrogen and oxygen atoms in total. The van der Waals surface area contributed by atoms with Crippen LogP contribution in [0, 0.1) is 17.0 Å². The van der Waals surface area contributed by atoms with Gasteiger partial charge in [-0.1, -0.05) is 0 Å². The van der Waals surface area contributed by atoms with E-state index in [1.807, 2.05) is 23.9 Å². The number of nitrogens with zero attached hydrogens (tertiary/aromatic N) is 3. The Balaban J connectivity index is 1.75. The van der Waals surface area contributed by atoms with E-state index in [1.165, 1.54) is 12.1 Å². The fourth-order valence-electron chi connectivity index (χ4n) is 1.67. The van der Waals surface area contributed by atoms with Gasteiger partial charge < -0.3 is 4.74 Å². The average Bonchev–Trinajstić information content (AvgIpc) is 2.81.